The fraction of sp³-hybridized carbons (Fsp3) is 0.350. The number of H-pyrrole nitrogens is 4. The summed E-state index contributed by atoms with van der Waals surface area (Å²) in [5.41, 5.74) is 8.44. The van der Waals surface area contributed by atoms with E-state index in [0.29, 0.717) is 76.0 Å². The van der Waals surface area contributed by atoms with Gasteiger partial charge in [-0.15, -0.1) is 0 Å². The van der Waals surface area contributed by atoms with Gasteiger partial charge in [0.15, 0.2) is 23.3 Å². The monoisotopic (exact) mass is 1510 g/mol. The van der Waals surface area contributed by atoms with Gasteiger partial charge in [-0.25, -0.2) is 53.0 Å². The minimum atomic E-state index is -0.520. The number of nitrogens with zero attached hydrogens (tertiary/aromatic N) is 16. The Bertz CT molecular complexity index is 5060. The van der Waals surface area contributed by atoms with E-state index in [1.54, 1.807) is 25.0 Å². The van der Waals surface area contributed by atoms with Gasteiger partial charge in [-0.3, -0.25) is 20.4 Å². The molecule has 29 heteroatoms. The summed E-state index contributed by atoms with van der Waals surface area (Å²) in [5.74, 6) is 10.5. The summed E-state index contributed by atoms with van der Waals surface area (Å²) in [6.45, 7) is 3.57. The van der Waals surface area contributed by atoms with Crippen LogP contribution in [-0.4, -0.2) is 107 Å². The zero-order chi connectivity index (χ0) is 73.7. The van der Waals surface area contributed by atoms with Crippen LogP contribution in [0.2, 0.25) is 10.0 Å². The summed E-state index contributed by atoms with van der Waals surface area (Å²) in [5, 5.41) is 43.8. The van der Waals surface area contributed by atoms with Crippen molar-refractivity contribution in [3.63, 3.8) is 0 Å². The molecule has 12 heterocycles. The van der Waals surface area contributed by atoms with Gasteiger partial charge >= 0.3 is 0 Å². The maximum Gasteiger partial charge on any atom is 0.153 e. The van der Waals surface area contributed by atoms with Crippen LogP contribution in [0.3, 0.4) is 0 Å². The van der Waals surface area contributed by atoms with Crippen molar-refractivity contribution in [3.05, 3.63) is 237 Å². The van der Waals surface area contributed by atoms with Gasteiger partial charge in [0.25, 0.3) is 0 Å². The molecule has 0 spiro atoms. The highest BCUT2D eigenvalue weighted by molar-refractivity contribution is 6.42. The summed E-state index contributed by atoms with van der Waals surface area (Å²) >= 11 is 12.3. The lowest BCUT2D eigenvalue weighted by molar-refractivity contribution is 0.460. The highest BCUT2D eigenvalue weighted by Gasteiger charge is 2.35. The molecule has 4 saturated heterocycles. The van der Waals surface area contributed by atoms with Crippen LogP contribution in [0.4, 0.5) is 83.0 Å². The summed E-state index contributed by atoms with van der Waals surface area (Å²) < 4.78 is 41.8. The number of aromatic amines is 4. The molecule has 12 aromatic rings. The van der Waals surface area contributed by atoms with Gasteiger partial charge in [-0.2, -0.15) is 20.4 Å². The predicted octanol–water partition coefficient (Wildman–Crippen LogP) is 18.4. The van der Waals surface area contributed by atoms with Gasteiger partial charge in [-0.05, 0) is 156 Å². The van der Waals surface area contributed by atoms with Crippen LogP contribution in [0.25, 0.3) is 0 Å². The van der Waals surface area contributed by atoms with Crippen molar-refractivity contribution in [2.75, 3.05) is 67.0 Å². The minimum absolute atomic E-state index is 0.106. The molecular weight excluding hydrogens is 1420 g/mol. The first-order valence-corrected chi connectivity index (χ1v) is 38.6. The molecule has 8 N–H and O–H groups in total. The van der Waals surface area contributed by atoms with Crippen molar-refractivity contribution in [3.8, 4) is 0 Å². The summed E-state index contributed by atoms with van der Waals surface area (Å²) in [4.78, 5) is 44.0. The Balaban J connectivity index is 0.000000106. The molecule has 8 aliphatic rings. The molecule has 109 heavy (non-hydrogen) atoms. The molecule has 20 rings (SSSR count). The van der Waals surface area contributed by atoms with Crippen LogP contribution in [0.5, 0.6) is 0 Å². The highest BCUT2D eigenvalue weighted by atomic mass is 35.5. The number of aromatic nitrogens is 16. The van der Waals surface area contributed by atoms with Gasteiger partial charge < -0.3 is 40.9 Å². The molecule has 0 radical (unpaired) electrons. The molecule has 4 aliphatic carbocycles. The maximum atomic E-state index is 14.3. The van der Waals surface area contributed by atoms with Crippen molar-refractivity contribution in [1.29, 1.82) is 0 Å². The Morgan fingerprint density at radius 2 is 0.679 bits per heavy atom. The number of hydrogen-bond acceptors (Lipinski definition) is 20. The molecule has 4 aliphatic heterocycles. The molecule has 4 unspecified atom stereocenters. The lowest BCUT2D eigenvalue weighted by Gasteiger charge is -2.42. The lowest BCUT2D eigenvalue weighted by atomic mass is 9.95. The Morgan fingerprint density at radius 1 is 0.312 bits per heavy atom. The smallest absolute Gasteiger partial charge is 0.153 e. The molecule has 558 valence electrons. The van der Waals surface area contributed by atoms with Gasteiger partial charge in [0.1, 0.15) is 89.3 Å². The molecule has 8 aromatic heterocycles. The van der Waals surface area contributed by atoms with Crippen molar-refractivity contribution in [2.24, 2.45) is 0 Å². The number of halogens is 5. The summed E-state index contributed by atoms with van der Waals surface area (Å²) in [7, 11) is 0. The Labute approximate surface area is 638 Å². The second kappa shape index (κ2) is 31.9. The fourth-order valence-corrected chi connectivity index (χ4v) is 15.3. The average Bonchev–Trinajstić information content (AvgIpc) is 1.53. The minimum Gasteiger partial charge on any atom is -0.349 e. The summed E-state index contributed by atoms with van der Waals surface area (Å²) in [6, 6.07) is 43.7. The standard InChI is InChI=1S/C21H24N6.C20H20Cl2N6.C20H20F2N6.C19H19FN6/c1-2-6-16(7-3-1)18-8-4-5-11-27(18)21-13-19(22-14-23-21)24-20-12-17(25-26-20)15-9-10-15;21-14-6-5-13(8-15(14)22)17-2-1-7-28(17)20-10-18(23-11-24-20)25-19-9-16(26-27-19)12-3-4-12;21-13-3-1-4-14(22)20(13)16-5-2-8-28(16)19-10-17(23-11-24-19)25-18-9-15(26-27-18)12-6-7-12;20-14-5-3-13(4-6-14)16-7-8-26(16)19-10-17(21-11-22-19)23-18-9-15(24-25-18)12-1-2-12/h1-3,6-7,12-15,18H,4-5,8-11H2,(H2,22,23,24,25,26);5-6,8-12,17H,1-4,7H2,(H2,23,24,25,26,27);1,3-4,9-12,16H,2,5-8H2,(H2,23,24,25,26,27);3-6,9-12,16H,1-2,7-8H2,(H2,21,22,23,24,25). The van der Waals surface area contributed by atoms with Gasteiger partial charge in [-0.1, -0.05) is 77.8 Å². The number of benzene rings is 4. The Hall–Kier alpha value is -11.2. The van der Waals surface area contributed by atoms with E-state index in [2.05, 4.69) is 159 Å². The zero-order valence-corrected chi connectivity index (χ0v) is 61.4. The van der Waals surface area contributed by atoms with E-state index < -0.39 is 11.6 Å². The lowest BCUT2D eigenvalue weighted by Crippen LogP contribution is -2.41. The molecule has 0 amide bonds. The first-order valence-electron chi connectivity index (χ1n) is 37.8. The van der Waals surface area contributed by atoms with Gasteiger partial charge in [0.2, 0.25) is 0 Å². The predicted molar refractivity (Wildman–Crippen MR) is 416 cm³/mol. The maximum absolute atomic E-state index is 14.3. The van der Waals surface area contributed by atoms with E-state index >= 15 is 0 Å². The van der Waals surface area contributed by atoms with Gasteiger partial charge in [0.05, 0.1) is 34.2 Å². The molecule has 4 aromatic carbocycles. The van der Waals surface area contributed by atoms with E-state index in [9.17, 15) is 13.2 Å². The SMILES string of the molecule is Clc1ccc(C2CCCN2c2cc(Nc3cc(C4CC4)[nH]n3)ncn2)cc1Cl.Fc1ccc(C2CCN2c2cc(Nc3cc(C4CC4)[nH]n3)ncn2)cc1.Fc1cccc(F)c1C1CCCN1c1cc(Nc2cc(C3CC3)[nH]n2)ncn1.c1ccc(C2CCCCN2c2cc(Nc3cc(C4CC4)[nH]n3)ncn2)cc1. The number of anilines is 12. The topological polar surface area (TPSA) is 279 Å². The van der Waals surface area contributed by atoms with Crippen LogP contribution >= 0.6 is 23.2 Å². The number of nitrogens with one attached hydrogen (secondary N) is 8. The van der Waals surface area contributed by atoms with Crippen LogP contribution in [0, 0.1) is 17.5 Å². The molecule has 4 saturated carbocycles. The molecular formula is C80H83Cl2F3N24. The second-order valence-corrected chi connectivity index (χ2v) is 30.0. The van der Waals surface area contributed by atoms with E-state index in [4.69, 9.17) is 23.2 Å². The normalized spacial score (nSPS) is 19.4. The van der Waals surface area contributed by atoms with Crippen LogP contribution < -0.4 is 40.9 Å². The third kappa shape index (κ3) is 17.1. The van der Waals surface area contributed by atoms with Gasteiger partial charge in [0, 0.05) is 127 Å². The van der Waals surface area contributed by atoms with E-state index in [-0.39, 0.29) is 29.5 Å². The van der Waals surface area contributed by atoms with E-state index in [1.807, 2.05) is 65.6 Å². The highest BCUT2D eigenvalue weighted by Crippen LogP contribution is 2.46. The number of hydrogen-bond donors (Lipinski definition) is 8. The van der Waals surface area contributed by atoms with Crippen LogP contribution in [0.1, 0.15) is 196 Å². The quantitative estimate of drug-likeness (QED) is 0.0352. The number of piperidine rings is 1. The molecule has 0 bridgehead atoms. The first kappa shape index (κ1) is 70.8. The van der Waals surface area contributed by atoms with Crippen LogP contribution in [0.15, 0.2) is 165 Å². The first-order chi connectivity index (χ1) is 53.5. The third-order valence-corrected chi connectivity index (χ3v) is 22.1. The third-order valence-electron chi connectivity index (χ3n) is 21.4. The van der Waals surface area contributed by atoms with E-state index in [0.717, 1.165) is 115 Å². The Kier molecular flexibility index (Phi) is 20.7. The van der Waals surface area contributed by atoms with Crippen molar-refractivity contribution >= 4 is 93.0 Å². The Morgan fingerprint density at radius 3 is 1.09 bits per heavy atom. The second-order valence-electron chi connectivity index (χ2n) is 29.2. The summed E-state index contributed by atoms with van der Waals surface area (Å²) in [6.07, 6.45) is 24.4. The molecule has 24 nitrogen and oxygen atoms in total. The zero-order valence-electron chi connectivity index (χ0n) is 59.9. The van der Waals surface area contributed by atoms with E-state index in [1.165, 1.54) is 124 Å². The largest absolute Gasteiger partial charge is 0.349 e. The van der Waals surface area contributed by atoms with Crippen molar-refractivity contribution < 1.29 is 13.2 Å². The fourth-order valence-electron chi connectivity index (χ4n) is 15.0. The average molecular weight is 1510 g/mol. The van der Waals surface area contributed by atoms with Crippen molar-refractivity contribution in [1.82, 2.24) is 80.7 Å². The molecule has 8 fully saturated rings. The number of rotatable bonds is 20. The molecule has 4 atom stereocenters. The van der Waals surface area contributed by atoms with Crippen LogP contribution in [-0.2, 0) is 0 Å². The van der Waals surface area contributed by atoms with Crippen molar-refractivity contribution in [2.45, 2.75) is 151 Å².